The van der Waals surface area contributed by atoms with E-state index >= 15 is 0 Å². The van der Waals surface area contributed by atoms with Crippen LogP contribution in [-0.4, -0.2) is 30.1 Å². The zero-order valence-corrected chi connectivity index (χ0v) is 13.2. The van der Waals surface area contributed by atoms with E-state index in [1.807, 2.05) is 0 Å². The van der Waals surface area contributed by atoms with Crippen molar-refractivity contribution in [2.24, 2.45) is 0 Å². The summed E-state index contributed by atoms with van der Waals surface area (Å²) < 4.78 is 0. The average molecular weight is 282 g/mol. The zero-order chi connectivity index (χ0) is 14.7. The first-order valence-electron chi connectivity index (χ1n) is 8.17. The van der Waals surface area contributed by atoms with Gasteiger partial charge in [0.05, 0.1) is 0 Å². The molecule has 2 nitrogen and oxygen atoms in total. The Morgan fingerprint density at radius 3 is 2.38 bits per heavy atom. The van der Waals surface area contributed by atoms with E-state index in [-0.39, 0.29) is 0 Å². The highest BCUT2D eigenvalue weighted by Crippen LogP contribution is 2.20. The minimum absolute atomic E-state index is 0.621. The van der Waals surface area contributed by atoms with Crippen molar-refractivity contribution in [1.82, 2.24) is 10.2 Å². The SMILES string of the molecule is CC1CCN(Cc2cccc3ccccc23)CCC(C)N1. The number of hydrogen-bond acceptors (Lipinski definition) is 2. The molecule has 2 aromatic rings. The molecule has 0 amide bonds. The van der Waals surface area contributed by atoms with Crippen LogP contribution in [0.1, 0.15) is 32.3 Å². The van der Waals surface area contributed by atoms with Crippen LogP contribution in [0.4, 0.5) is 0 Å². The lowest BCUT2D eigenvalue weighted by atomic mass is 10.0. The fourth-order valence-corrected chi connectivity index (χ4v) is 3.35. The van der Waals surface area contributed by atoms with Gasteiger partial charge in [0, 0.05) is 18.6 Å². The first-order chi connectivity index (χ1) is 10.2. The van der Waals surface area contributed by atoms with Crippen molar-refractivity contribution in [3.63, 3.8) is 0 Å². The molecule has 1 heterocycles. The van der Waals surface area contributed by atoms with Gasteiger partial charge in [-0.15, -0.1) is 0 Å². The quantitative estimate of drug-likeness (QED) is 0.901. The molecule has 1 aliphatic rings. The van der Waals surface area contributed by atoms with E-state index in [9.17, 15) is 0 Å². The number of hydrogen-bond donors (Lipinski definition) is 1. The third kappa shape index (κ3) is 3.63. The summed E-state index contributed by atoms with van der Waals surface area (Å²) in [6, 6.07) is 16.7. The van der Waals surface area contributed by atoms with E-state index < -0.39 is 0 Å². The highest BCUT2D eigenvalue weighted by Gasteiger charge is 2.16. The summed E-state index contributed by atoms with van der Waals surface area (Å²) in [6.45, 7) is 8.05. The molecule has 0 saturated carbocycles. The standard InChI is InChI=1S/C19H26N2/c1-15-10-12-21(13-11-16(2)20-15)14-18-8-5-7-17-6-3-4-9-19(17)18/h3-9,15-16,20H,10-14H2,1-2H3. The maximum absolute atomic E-state index is 3.67. The highest BCUT2D eigenvalue weighted by molar-refractivity contribution is 5.85. The van der Waals surface area contributed by atoms with Crippen LogP contribution in [0.25, 0.3) is 10.8 Å². The van der Waals surface area contributed by atoms with Gasteiger partial charge in [0.1, 0.15) is 0 Å². The predicted molar refractivity (Wildman–Crippen MR) is 90.5 cm³/mol. The molecule has 1 aliphatic heterocycles. The van der Waals surface area contributed by atoms with Crippen molar-refractivity contribution < 1.29 is 0 Å². The Balaban J connectivity index is 1.77. The Morgan fingerprint density at radius 1 is 0.952 bits per heavy atom. The number of nitrogens with one attached hydrogen (secondary N) is 1. The van der Waals surface area contributed by atoms with Crippen molar-refractivity contribution in [3.05, 3.63) is 48.0 Å². The number of fused-ring (bicyclic) bond motifs is 1. The molecule has 0 bridgehead atoms. The fraction of sp³-hybridized carbons (Fsp3) is 0.474. The van der Waals surface area contributed by atoms with Crippen molar-refractivity contribution in [2.75, 3.05) is 13.1 Å². The maximum Gasteiger partial charge on any atom is 0.0239 e. The topological polar surface area (TPSA) is 15.3 Å². The van der Waals surface area contributed by atoms with E-state index in [0.29, 0.717) is 12.1 Å². The summed E-state index contributed by atoms with van der Waals surface area (Å²) >= 11 is 0. The highest BCUT2D eigenvalue weighted by atomic mass is 15.1. The predicted octanol–water partition coefficient (Wildman–Crippen LogP) is 3.80. The third-order valence-electron chi connectivity index (χ3n) is 4.60. The van der Waals surface area contributed by atoms with Gasteiger partial charge in [-0.2, -0.15) is 0 Å². The molecule has 1 fully saturated rings. The van der Waals surface area contributed by atoms with Gasteiger partial charge in [-0.05, 0) is 56.1 Å². The molecular weight excluding hydrogens is 256 g/mol. The molecule has 0 aromatic heterocycles. The molecule has 1 saturated heterocycles. The molecule has 0 radical (unpaired) electrons. The Kier molecular flexibility index (Phi) is 4.57. The molecule has 2 heteroatoms. The van der Waals surface area contributed by atoms with Gasteiger partial charge in [0.25, 0.3) is 0 Å². The van der Waals surface area contributed by atoms with E-state index in [2.05, 4.69) is 66.5 Å². The summed E-state index contributed by atoms with van der Waals surface area (Å²) in [6.07, 6.45) is 2.46. The molecule has 0 aliphatic carbocycles. The molecule has 112 valence electrons. The van der Waals surface area contributed by atoms with Crippen molar-refractivity contribution in [1.29, 1.82) is 0 Å². The Hall–Kier alpha value is -1.38. The first-order valence-corrected chi connectivity index (χ1v) is 8.17. The summed E-state index contributed by atoms with van der Waals surface area (Å²) in [7, 11) is 0. The van der Waals surface area contributed by atoms with Crippen LogP contribution in [0.5, 0.6) is 0 Å². The normalized spacial score (nSPS) is 24.7. The minimum Gasteiger partial charge on any atom is -0.312 e. The second-order valence-electron chi connectivity index (χ2n) is 6.46. The van der Waals surface area contributed by atoms with E-state index in [0.717, 1.165) is 6.54 Å². The van der Waals surface area contributed by atoms with Crippen LogP contribution in [0.15, 0.2) is 42.5 Å². The van der Waals surface area contributed by atoms with Crippen LogP contribution in [0, 0.1) is 0 Å². The lowest BCUT2D eigenvalue weighted by molar-refractivity contribution is 0.212. The van der Waals surface area contributed by atoms with Gasteiger partial charge in [-0.3, -0.25) is 4.90 Å². The van der Waals surface area contributed by atoms with Crippen LogP contribution in [-0.2, 0) is 6.54 Å². The molecule has 0 spiro atoms. The van der Waals surface area contributed by atoms with Gasteiger partial charge < -0.3 is 5.32 Å². The van der Waals surface area contributed by atoms with Crippen molar-refractivity contribution in [3.8, 4) is 0 Å². The molecular formula is C19H26N2. The van der Waals surface area contributed by atoms with Crippen LogP contribution < -0.4 is 5.32 Å². The minimum atomic E-state index is 0.621. The molecule has 2 aromatic carbocycles. The maximum atomic E-state index is 3.67. The monoisotopic (exact) mass is 282 g/mol. The summed E-state index contributed by atoms with van der Waals surface area (Å²) in [5, 5.41) is 6.43. The molecule has 1 N–H and O–H groups in total. The molecule has 21 heavy (non-hydrogen) atoms. The smallest absolute Gasteiger partial charge is 0.0239 e. The lowest BCUT2D eigenvalue weighted by Gasteiger charge is -2.31. The van der Waals surface area contributed by atoms with E-state index in [4.69, 9.17) is 0 Å². The van der Waals surface area contributed by atoms with Gasteiger partial charge in [-0.25, -0.2) is 0 Å². The van der Waals surface area contributed by atoms with Gasteiger partial charge in [0.15, 0.2) is 0 Å². The van der Waals surface area contributed by atoms with Crippen LogP contribution in [0.2, 0.25) is 0 Å². The average Bonchev–Trinajstić information content (AvgIpc) is 2.49. The first kappa shape index (κ1) is 14.6. The van der Waals surface area contributed by atoms with Gasteiger partial charge in [-0.1, -0.05) is 42.5 Å². The van der Waals surface area contributed by atoms with Crippen molar-refractivity contribution in [2.45, 2.75) is 45.3 Å². The van der Waals surface area contributed by atoms with Gasteiger partial charge in [0.2, 0.25) is 0 Å². The molecule has 2 atom stereocenters. The van der Waals surface area contributed by atoms with Gasteiger partial charge >= 0.3 is 0 Å². The lowest BCUT2D eigenvalue weighted by Crippen LogP contribution is -2.42. The second kappa shape index (κ2) is 6.59. The summed E-state index contributed by atoms with van der Waals surface area (Å²) in [4.78, 5) is 2.62. The van der Waals surface area contributed by atoms with E-state index in [1.165, 1.54) is 42.3 Å². The second-order valence-corrected chi connectivity index (χ2v) is 6.46. The Morgan fingerprint density at radius 2 is 1.62 bits per heavy atom. The third-order valence-corrected chi connectivity index (χ3v) is 4.60. The largest absolute Gasteiger partial charge is 0.312 e. The number of nitrogens with zero attached hydrogens (tertiary/aromatic N) is 1. The fourth-order valence-electron chi connectivity index (χ4n) is 3.35. The van der Waals surface area contributed by atoms with Crippen LogP contribution >= 0.6 is 0 Å². The van der Waals surface area contributed by atoms with E-state index in [1.54, 1.807) is 0 Å². The summed E-state index contributed by atoms with van der Waals surface area (Å²) in [5.41, 5.74) is 1.46. The van der Waals surface area contributed by atoms with Crippen LogP contribution in [0.3, 0.4) is 0 Å². The molecule has 2 unspecified atom stereocenters. The summed E-state index contributed by atoms with van der Waals surface area (Å²) in [5.74, 6) is 0. The molecule has 3 rings (SSSR count). The number of rotatable bonds is 2. The Bertz CT molecular complexity index is 576. The zero-order valence-electron chi connectivity index (χ0n) is 13.2. The van der Waals surface area contributed by atoms with Crippen molar-refractivity contribution >= 4 is 10.8 Å². The Labute approximate surface area is 128 Å². The number of benzene rings is 2.